The van der Waals surface area contributed by atoms with E-state index in [1.165, 1.54) is 37.8 Å². The highest BCUT2D eigenvalue weighted by atomic mass is 16.5. The number of likely N-dealkylation sites (tertiary alicyclic amines) is 1. The molecule has 0 radical (unpaired) electrons. The number of likely N-dealkylation sites (N-methyl/N-ethyl adjacent to an activating group) is 1. The SMILES string of the molecule is CC[C@H](C)[C@@H]1NC(=O)[C@H](Cc2ccc(OC)cc2)N(C)C(=O)C(Cc2ccccc2)N2C(=O)[C@H](CC[C@H]2O)NC(=O)C(CC(C)C)NC(=O)C(NC(=O)[C@H](CCC(N)=O)NC(=O)[C@@H]2CCCN2C(C)=O)[C@@H](C)OC1=O. The van der Waals surface area contributed by atoms with Crippen LogP contribution in [0, 0.1) is 11.8 Å². The lowest BCUT2D eigenvalue weighted by Crippen LogP contribution is -2.65. The Morgan fingerprint density at radius 2 is 1.51 bits per heavy atom. The smallest absolute Gasteiger partial charge is 0.329 e. The second-order valence-electron chi connectivity index (χ2n) is 20.2. The number of primary amides is 1. The van der Waals surface area contributed by atoms with E-state index < -0.39 is 120 Å². The van der Waals surface area contributed by atoms with Gasteiger partial charge in [0.15, 0.2) is 0 Å². The van der Waals surface area contributed by atoms with Gasteiger partial charge in [0, 0.05) is 39.8 Å². The maximum atomic E-state index is 15.2. The van der Waals surface area contributed by atoms with Crippen molar-refractivity contribution in [3.8, 4) is 5.75 Å². The lowest BCUT2D eigenvalue weighted by molar-refractivity contribution is -0.165. The summed E-state index contributed by atoms with van der Waals surface area (Å²) >= 11 is 0. The summed E-state index contributed by atoms with van der Waals surface area (Å²) in [4.78, 5) is 145. The Hall–Kier alpha value is -7.10. The Balaban J connectivity index is 1.62. The van der Waals surface area contributed by atoms with Crippen molar-refractivity contribution in [1.82, 2.24) is 41.3 Å². The first-order chi connectivity index (χ1) is 35.5. The number of benzene rings is 2. The molecule has 8 N–H and O–H groups in total. The van der Waals surface area contributed by atoms with Crippen molar-refractivity contribution in [3.63, 3.8) is 0 Å². The van der Waals surface area contributed by atoms with Crippen LogP contribution in [0.2, 0.25) is 0 Å². The number of cyclic esters (lactones) is 1. The third-order valence-corrected chi connectivity index (χ3v) is 14.2. The number of methoxy groups -OCH3 is 1. The molecule has 0 aromatic heterocycles. The van der Waals surface area contributed by atoms with E-state index in [2.05, 4.69) is 26.6 Å². The Bertz CT molecular complexity index is 2390. The van der Waals surface area contributed by atoms with Crippen LogP contribution >= 0.6 is 0 Å². The Morgan fingerprint density at radius 3 is 2.12 bits per heavy atom. The normalized spacial score (nSPS) is 26.1. The van der Waals surface area contributed by atoms with Gasteiger partial charge in [0.05, 0.1) is 7.11 Å². The predicted octanol–water partition coefficient (Wildman–Crippen LogP) is 0.355. The quantitative estimate of drug-likeness (QED) is 0.112. The monoisotopic (exact) mass is 1050 g/mol. The molecule has 3 aliphatic heterocycles. The highest BCUT2D eigenvalue weighted by Gasteiger charge is 2.46. The van der Waals surface area contributed by atoms with Crippen molar-refractivity contribution in [2.24, 2.45) is 17.6 Å². The minimum atomic E-state index is -1.81. The van der Waals surface area contributed by atoms with Crippen LogP contribution in [0.1, 0.15) is 104 Å². The molecule has 0 aliphatic carbocycles. The fourth-order valence-electron chi connectivity index (χ4n) is 9.69. The molecule has 22 nitrogen and oxygen atoms in total. The first kappa shape index (κ1) is 58.8. The summed E-state index contributed by atoms with van der Waals surface area (Å²) in [7, 11) is 2.89. The van der Waals surface area contributed by atoms with Crippen molar-refractivity contribution >= 4 is 59.1 Å². The number of fused-ring (bicyclic) bond motifs is 2. The maximum absolute atomic E-state index is 15.2. The second-order valence-corrected chi connectivity index (χ2v) is 20.2. The lowest BCUT2D eigenvalue weighted by atomic mass is 9.94. The minimum absolute atomic E-state index is 0.00259. The molecule has 9 amide bonds. The number of nitrogens with zero attached hydrogens (tertiary/aromatic N) is 3. The molecule has 5 rings (SSSR count). The Labute approximate surface area is 437 Å². The summed E-state index contributed by atoms with van der Waals surface area (Å²) in [6.45, 7) is 9.95. The second kappa shape index (κ2) is 26.9. The van der Waals surface area contributed by atoms with Crippen molar-refractivity contribution in [2.45, 2.75) is 166 Å². The molecule has 75 heavy (non-hydrogen) atoms. The number of carbonyl (C=O) groups is 10. The summed E-state index contributed by atoms with van der Waals surface area (Å²) in [5, 5.41) is 25.0. The number of hydrogen-bond donors (Lipinski definition) is 7. The fraction of sp³-hybridized carbons (Fsp3) is 0.585. The number of amides is 9. The van der Waals surface area contributed by atoms with Gasteiger partial charge in [-0.2, -0.15) is 0 Å². The number of piperidine rings is 1. The number of esters is 1. The van der Waals surface area contributed by atoms with Gasteiger partial charge in [0.25, 0.3) is 0 Å². The summed E-state index contributed by atoms with van der Waals surface area (Å²) in [6, 6.07) is 4.45. The van der Waals surface area contributed by atoms with Crippen LogP contribution in [-0.4, -0.2) is 160 Å². The van der Waals surface area contributed by atoms with Gasteiger partial charge in [0.2, 0.25) is 53.2 Å². The van der Waals surface area contributed by atoms with Crippen LogP contribution in [0.25, 0.3) is 0 Å². The lowest BCUT2D eigenvalue weighted by Gasteiger charge is -2.43. The van der Waals surface area contributed by atoms with E-state index in [4.69, 9.17) is 15.2 Å². The standard InChI is InChI=1S/C53H75N9O13/c1-9-30(4)44-53(73)75-31(5)45(59-46(66)36(21-23-42(54)64)55-48(68)39-16-13-25-61(39)32(6)63)50(70)57-38(26-29(2)3)47(67)56-37-22-24-43(65)62(51(37)71)41(28-33-14-11-10-12-15-33)52(72)60(7)40(49(69)58-44)27-34-17-19-35(74-8)20-18-34/h10-12,14-15,17-20,29-31,36-41,43-45,65H,9,13,16,21-28H2,1-8H3,(H2,54,64)(H,55,68)(H,56,67)(H,57,70)(H,58,69)(H,59,66)/t30-,31+,36-,37-,38?,39-,40-,41?,43+,44-,45?/m0/s1. The van der Waals surface area contributed by atoms with Crippen LogP contribution in [0.3, 0.4) is 0 Å². The number of hydrogen-bond acceptors (Lipinski definition) is 13. The average molecular weight is 1050 g/mol. The van der Waals surface area contributed by atoms with E-state index >= 15 is 4.79 Å². The minimum Gasteiger partial charge on any atom is -0.497 e. The van der Waals surface area contributed by atoms with E-state index in [0.29, 0.717) is 42.7 Å². The molecule has 2 aromatic rings. The van der Waals surface area contributed by atoms with Gasteiger partial charge < -0.3 is 61.6 Å². The van der Waals surface area contributed by atoms with E-state index in [0.717, 1.165) is 4.90 Å². The highest BCUT2D eigenvalue weighted by molar-refractivity contribution is 5.99. The Kier molecular flexibility index (Phi) is 21.1. The molecule has 2 aromatic carbocycles. The van der Waals surface area contributed by atoms with Crippen molar-refractivity contribution < 1.29 is 62.5 Å². The number of carbonyl (C=O) groups excluding carboxylic acids is 10. The summed E-state index contributed by atoms with van der Waals surface area (Å²) < 4.78 is 11.3. The van der Waals surface area contributed by atoms with Gasteiger partial charge in [-0.3, -0.25) is 43.2 Å². The van der Waals surface area contributed by atoms with Crippen LogP contribution in [0.5, 0.6) is 5.75 Å². The zero-order chi connectivity index (χ0) is 55.3. The number of aliphatic hydroxyl groups is 1. The summed E-state index contributed by atoms with van der Waals surface area (Å²) in [5.41, 5.74) is 6.68. The fourth-order valence-corrected chi connectivity index (χ4v) is 9.69. The molecule has 22 heteroatoms. The largest absolute Gasteiger partial charge is 0.497 e. The topological polar surface area (TPSA) is 305 Å². The van der Waals surface area contributed by atoms with Gasteiger partial charge in [0.1, 0.15) is 66.4 Å². The highest BCUT2D eigenvalue weighted by Crippen LogP contribution is 2.26. The average Bonchev–Trinajstić information content (AvgIpc) is 3.88. The van der Waals surface area contributed by atoms with E-state index in [1.54, 1.807) is 82.3 Å². The molecule has 11 atom stereocenters. The van der Waals surface area contributed by atoms with Gasteiger partial charge in [-0.05, 0) is 80.5 Å². The van der Waals surface area contributed by atoms with Crippen molar-refractivity contribution in [1.29, 1.82) is 0 Å². The molecular formula is C53H75N9O13. The van der Waals surface area contributed by atoms with Crippen molar-refractivity contribution in [2.75, 3.05) is 20.7 Å². The van der Waals surface area contributed by atoms with E-state index in [1.807, 2.05) is 0 Å². The molecule has 3 saturated heterocycles. The zero-order valence-corrected chi connectivity index (χ0v) is 44.2. The van der Waals surface area contributed by atoms with Crippen LogP contribution in [0.15, 0.2) is 54.6 Å². The number of nitrogens with two attached hydrogens (primary N) is 1. The first-order valence-corrected chi connectivity index (χ1v) is 25.8. The van der Waals surface area contributed by atoms with Gasteiger partial charge in [-0.1, -0.05) is 76.6 Å². The van der Waals surface area contributed by atoms with Gasteiger partial charge in [-0.25, -0.2) is 4.79 Å². The van der Waals surface area contributed by atoms with Crippen LogP contribution < -0.4 is 37.1 Å². The molecule has 3 heterocycles. The van der Waals surface area contributed by atoms with E-state index in [-0.39, 0.29) is 56.8 Å². The molecule has 3 fully saturated rings. The first-order valence-electron chi connectivity index (χ1n) is 25.8. The van der Waals surface area contributed by atoms with Crippen molar-refractivity contribution in [3.05, 3.63) is 65.7 Å². The molecule has 0 saturated carbocycles. The molecule has 3 aliphatic rings. The number of aliphatic hydroxyl groups excluding tert-OH is 1. The van der Waals surface area contributed by atoms with E-state index in [9.17, 15) is 48.3 Å². The molecular weight excluding hydrogens is 971 g/mol. The number of rotatable bonds is 16. The third-order valence-electron chi connectivity index (χ3n) is 14.2. The van der Waals surface area contributed by atoms with Crippen LogP contribution in [-0.2, 0) is 65.5 Å². The Morgan fingerprint density at radius 1 is 0.853 bits per heavy atom. The number of ether oxygens (including phenoxy) is 2. The van der Waals surface area contributed by atoms with Crippen LogP contribution in [0.4, 0.5) is 0 Å². The molecule has 3 unspecified atom stereocenters. The molecule has 0 spiro atoms. The summed E-state index contributed by atoms with van der Waals surface area (Å²) in [6.07, 6.45) is -2.95. The number of nitrogens with one attached hydrogen (secondary N) is 5. The molecule has 410 valence electrons. The van der Waals surface area contributed by atoms with Gasteiger partial charge >= 0.3 is 5.97 Å². The predicted molar refractivity (Wildman–Crippen MR) is 272 cm³/mol. The third kappa shape index (κ3) is 15.5. The maximum Gasteiger partial charge on any atom is 0.329 e. The zero-order valence-electron chi connectivity index (χ0n) is 44.2. The molecule has 2 bridgehead atoms. The summed E-state index contributed by atoms with van der Waals surface area (Å²) in [5.74, 6) is -8.38. The van der Waals surface area contributed by atoms with Gasteiger partial charge in [-0.15, -0.1) is 0 Å².